The number of phenols is 1. The van der Waals surface area contributed by atoms with Crippen molar-refractivity contribution >= 4 is 16.9 Å². The maximum atomic E-state index is 13.6. The second kappa shape index (κ2) is 9.27. The first kappa shape index (κ1) is 22.9. The number of amides is 1. The first-order chi connectivity index (χ1) is 15.8. The third-order valence-corrected chi connectivity index (χ3v) is 5.72. The predicted octanol–water partition coefficient (Wildman–Crippen LogP) is 4.57. The summed E-state index contributed by atoms with van der Waals surface area (Å²) in [6, 6.07) is 9.63. The van der Waals surface area contributed by atoms with Crippen LogP contribution in [0.3, 0.4) is 0 Å². The average Bonchev–Trinajstić information content (AvgIpc) is 3.05. The topological polar surface area (TPSA) is 89.2 Å². The Labute approximate surface area is 192 Å². The summed E-state index contributed by atoms with van der Waals surface area (Å²) in [5.41, 5.74) is 2.09. The van der Waals surface area contributed by atoms with Crippen molar-refractivity contribution in [2.24, 2.45) is 0 Å². The van der Waals surface area contributed by atoms with Gasteiger partial charge in [-0.1, -0.05) is 17.7 Å². The summed E-state index contributed by atoms with van der Waals surface area (Å²) < 4.78 is 17.2. The van der Waals surface area contributed by atoms with Crippen molar-refractivity contribution < 1.29 is 23.8 Å². The number of ether oxygens (including phenoxy) is 2. The van der Waals surface area contributed by atoms with E-state index >= 15 is 0 Å². The van der Waals surface area contributed by atoms with E-state index in [0.29, 0.717) is 54.0 Å². The maximum absolute atomic E-state index is 13.6. The molecule has 1 aliphatic rings. The Balaban J connectivity index is 1.84. The van der Waals surface area contributed by atoms with E-state index in [9.17, 15) is 14.7 Å². The molecule has 0 bridgehead atoms. The summed E-state index contributed by atoms with van der Waals surface area (Å²) >= 11 is 0. The highest BCUT2D eigenvalue weighted by atomic mass is 16.5. The van der Waals surface area contributed by atoms with E-state index in [4.69, 9.17) is 13.9 Å². The van der Waals surface area contributed by atoms with Crippen molar-refractivity contribution in [2.45, 2.75) is 46.3 Å². The van der Waals surface area contributed by atoms with E-state index in [2.05, 4.69) is 0 Å². The van der Waals surface area contributed by atoms with Gasteiger partial charge in [0.25, 0.3) is 5.91 Å². The molecule has 1 aromatic heterocycles. The van der Waals surface area contributed by atoms with Crippen LogP contribution in [0.25, 0.3) is 11.0 Å². The Morgan fingerprint density at radius 2 is 1.94 bits per heavy atom. The molecule has 0 saturated carbocycles. The smallest absolute Gasteiger partial charge is 0.290 e. The summed E-state index contributed by atoms with van der Waals surface area (Å²) in [5, 5.41) is 10.6. The van der Waals surface area contributed by atoms with Crippen LogP contribution in [0.5, 0.6) is 11.5 Å². The largest absolute Gasteiger partial charge is 0.504 e. The molecule has 3 aromatic rings. The number of aromatic hydroxyl groups is 1. The first-order valence-corrected chi connectivity index (χ1v) is 11.3. The summed E-state index contributed by atoms with van der Waals surface area (Å²) in [7, 11) is 0. The van der Waals surface area contributed by atoms with Crippen LogP contribution in [-0.4, -0.2) is 41.8 Å². The number of carbonyl (C=O) groups is 1. The van der Waals surface area contributed by atoms with Crippen LogP contribution in [0.4, 0.5) is 0 Å². The quantitative estimate of drug-likeness (QED) is 0.505. The first-order valence-electron chi connectivity index (χ1n) is 11.3. The number of aryl methyl sites for hydroxylation is 1. The van der Waals surface area contributed by atoms with Crippen molar-refractivity contribution in [3.05, 3.63) is 69.1 Å². The van der Waals surface area contributed by atoms with Crippen LogP contribution in [-0.2, 0) is 4.74 Å². The lowest BCUT2D eigenvalue weighted by atomic mass is 9.97. The Morgan fingerprint density at radius 1 is 1.15 bits per heavy atom. The van der Waals surface area contributed by atoms with Crippen LogP contribution in [0.2, 0.25) is 0 Å². The minimum Gasteiger partial charge on any atom is -0.504 e. The fraction of sp³-hybridized carbons (Fsp3) is 0.385. The molecule has 2 heterocycles. The zero-order valence-electron chi connectivity index (χ0n) is 19.4. The van der Waals surface area contributed by atoms with Crippen molar-refractivity contribution in [1.82, 2.24) is 4.90 Å². The van der Waals surface area contributed by atoms with Crippen LogP contribution >= 0.6 is 0 Å². The van der Waals surface area contributed by atoms with Crippen molar-refractivity contribution in [3.63, 3.8) is 0 Å². The van der Waals surface area contributed by atoms with Crippen molar-refractivity contribution in [1.29, 1.82) is 0 Å². The molecule has 4 rings (SSSR count). The zero-order valence-corrected chi connectivity index (χ0v) is 19.4. The molecular weight excluding hydrogens is 422 g/mol. The number of rotatable bonds is 8. The molecule has 1 amide bonds. The Bertz CT molecular complexity index is 1250. The molecule has 1 aliphatic heterocycles. The molecule has 0 aliphatic carbocycles. The fourth-order valence-electron chi connectivity index (χ4n) is 4.24. The molecule has 2 aromatic carbocycles. The third-order valence-electron chi connectivity index (χ3n) is 5.72. The minimum atomic E-state index is -0.646. The van der Waals surface area contributed by atoms with Gasteiger partial charge in [0.1, 0.15) is 5.58 Å². The fourth-order valence-corrected chi connectivity index (χ4v) is 4.24. The standard InChI is InChI=1S/C26H29NO6/c1-5-31-21-14-17(8-9-19(21)28)23-22-24(29)18-13-16(4)7-10-20(18)33-25(22)26(30)27(23)11-6-12-32-15(2)3/h7-10,13-15,23,28H,5-6,11-12H2,1-4H3/t23-/m1/s1. The molecule has 7 nitrogen and oxygen atoms in total. The van der Waals surface area contributed by atoms with E-state index in [1.54, 1.807) is 29.2 Å². The SMILES string of the molecule is CCOc1cc([C@@H]2c3c(oc4ccc(C)cc4c3=O)C(=O)N2CCCOC(C)C)ccc1O. The van der Waals surface area contributed by atoms with E-state index in [0.717, 1.165) is 5.56 Å². The van der Waals surface area contributed by atoms with E-state index in [1.807, 2.05) is 33.8 Å². The van der Waals surface area contributed by atoms with Crippen LogP contribution in [0.15, 0.2) is 45.6 Å². The van der Waals surface area contributed by atoms with Gasteiger partial charge >= 0.3 is 0 Å². The van der Waals surface area contributed by atoms with E-state index in [1.165, 1.54) is 6.07 Å². The lowest BCUT2D eigenvalue weighted by molar-refractivity contribution is 0.0593. The molecule has 0 spiro atoms. The van der Waals surface area contributed by atoms with Crippen molar-refractivity contribution in [3.8, 4) is 11.5 Å². The molecular formula is C26H29NO6. The highest BCUT2D eigenvalue weighted by Crippen LogP contribution is 2.40. The van der Waals surface area contributed by atoms with Gasteiger partial charge in [-0.2, -0.15) is 0 Å². The summed E-state index contributed by atoms with van der Waals surface area (Å²) in [6.07, 6.45) is 0.701. The molecule has 0 radical (unpaired) electrons. The van der Waals surface area contributed by atoms with Gasteiger partial charge in [-0.15, -0.1) is 0 Å². The molecule has 33 heavy (non-hydrogen) atoms. The molecule has 174 valence electrons. The lowest BCUT2D eigenvalue weighted by Gasteiger charge is -2.25. The molecule has 1 N–H and O–H groups in total. The summed E-state index contributed by atoms with van der Waals surface area (Å²) in [4.78, 5) is 28.7. The van der Waals surface area contributed by atoms with E-state index in [-0.39, 0.29) is 28.9 Å². The average molecular weight is 452 g/mol. The molecule has 1 atom stereocenters. The summed E-state index contributed by atoms with van der Waals surface area (Å²) in [6.45, 7) is 8.91. The molecule has 7 heteroatoms. The van der Waals surface area contributed by atoms with E-state index < -0.39 is 6.04 Å². The second-order valence-electron chi connectivity index (χ2n) is 8.51. The zero-order chi connectivity index (χ0) is 23.7. The number of benzene rings is 2. The van der Waals surface area contributed by atoms with Gasteiger partial charge in [0.05, 0.1) is 29.7 Å². The van der Waals surface area contributed by atoms with Crippen LogP contribution < -0.4 is 10.2 Å². The van der Waals surface area contributed by atoms with Crippen LogP contribution in [0.1, 0.15) is 60.5 Å². The van der Waals surface area contributed by atoms with Gasteiger partial charge in [-0.05, 0) is 63.9 Å². The number of fused-ring (bicyclic) bond motifs is 2. The Hall–Kier alpha value is -3.32. The number of hydrogen-bond acceptors (Lipinski definition) is 6. The Kier molecular flexibility index (Phi) is 6.42. The number of nitrogens with zero attached hydrogens (tertiary/aromatic N) is 1. The summed E-state index contributed by atoms with van der Waals surface area (Å²) in [5.74, 6) is 0.0468. The van der Waals surface area contributed by atoms with Gasteiger partial charge in [0, 0.05) is 13.2 Å². The normalized spacial score (nSPS) is 15.5. The van der Waals surface area contributed by atoms with Gasteiger partial charge in [-0.3, -0.25) is 9.59 Å². The minimum absolute atomic E-state index is 0.00296. The molecule has 0 saturated heterocycles. The third kappa shape index (κ3) is 4.33. The lowest BCUT2D eigenvalue weighted by Crippen LogP contribution is -2.31. The molecule has 0 fully saturated rings. The number of hydrogen-bond donors (Lipinski definition) is 1. The Morgan fingerprint density at radius 3 is 2.67 bits per heavy atom. The predicted molar refractivity (Wildman–Crippen MR) is 125 cm³/mol. The van der Waals surface area contributed by atoms with Gasteiger partial charge in [0.15, 0.2) is 16.9 Å². The highest BCUT2D eigenvalue weighted by molar-refractivity contribution is 5.99. The monoisotopic (exact) mass is 451 g/mol. The molecule has 0 unspecified atom stereocenters. The number of phenolic OH excluding ortho intramolecular Hbond substituents is 1. The second-order valence-corrected chi connectivity index (χ2v) is 8.51. The van der Waals surface area contributed by atoms with Gasteiger partial charge < -0.3 is 23.9 Å². The van der Waals surface area contributed by atoms with Gasteiger partial charge in [0.2, 0.25) is 5.76 Å². The van der Waals surface area contributed by atoms with Crippen LogP contribution in [0, 0.1) is 6.92 Å². The maximum Gasteiger partial charge on any atom is 0.290 e. The highest BCUT2D eigenvalue weighted by Gasteiger charge is 2.42. The van der Waals surface area contributed by atoms with Gasteiger partial charge in [-0.25, -0.2) is 0 Å². The van der Waals surface area contributed by atoms with Crippen molar-refractivity contribution in [2.75, 3.05) is 19.8 Å². The number of carbonyl (C=O) groups excluding carboxylic acids is 1.